The van der Waals surface area contributed by atoms with Crippen LogP contribution in [0, 0.1) is 0 Å². The number of nitrogens with zero attached hydrogens (tertiary/aromatic N) is 3. The van der Waals surface area contributed by atoms with E-state index in [0.717, 1.165) is 37.6 Å². The quantitative estimate of drug-likeness (QED) is 0.797. The Morgan fingerprint density at radius 1 is 1.16 bits per heavy atom. The molecule has 1 amide bonds. The van der Waals surface area contributed by atoms with Crippen LogP contribution in [0.4, 0.5) is 11.4 Å². The largest absolute Gasteiger partial charge is 0.378 e. The topological polar surface area (TPSA) is 47.0 Å². The molecule has 1 aromatic rings. The first-order chi connectivity index (χ1) is 9.08. The van der Waals surface area contributed by atoms with E-state index in [1.807, 2.05) is 18.2 Å². The predicted octanol–water partition coefficient (Wildman–Crippen LogP) is 0.448. The molecule has 1 unspecified atom stereocenters. The van der Waals surface area contributed by atoms with Gasteiger partial charge in [-0.3, -0.25) is 4.79 Å². The third-order valence-corrected chi connectivity index (χ3v) is 4.10. The molecule has 3 rings (SSSR count). The van der Waals surface area contributed by atoms with Gasteiger partial charge in [0, 0.05) is 44.5 Å². The minimum absolute atomic E-state index is 0.245. The predicted molar refractivity (Wildman–Crippen MR) is 74.5 cm³/mol. The molecular formula is C14H19N3O2. The number of anilines is 2. The van der Waals surface area contributed by atoms with Crippen LogP contribution in [0.3, 0.4) is 0 Å². The van der Waals surface area contributed by atoms with Gasteiger partial charge in [0.1, 0.15) is 0 Å². The first-order valence-electron chi connectivity index (χ1n) is 6.61. The van der Waals surface area contributed by atoms with Crippen LogP contribution in [0.15, 0.2) is 18.2 Å². The highest BCUT2D eigenvalue weighted by Gasteiger charge is 2.34. The van der Waals surface area contributed by atoms with Gasteiger partial charge in [-0.05, 0) is 19.2 Å². The second-order valence-electron chi connectivity index (χ2n) is 5.33. The molecule has 1 aromatic carbocycles. The van der Waals surface area contributed by atoms with Crippen molar-refractivity contribution in [3.8, 4) is 0 Å². The molecule has 2 aliphatic rings. The van der Waals surface area contributed by atoms with Crippen molar-refractivity contribution >= 4 is 17.3 Å². The third-order valence-electron chi connectivity index (χ3n) is 4.10. The number of likely N-dealkylation sites (N-methyl/N-ethyl adjacent to an activating group) is 2. The first kappa shape index (κ1) is 12.4. The second-order valence-corrected chi connectivity index (χ2v) is 5.33. The lowest BCUT2D eigenvalue weighted by Gasteiger charge is -2.34. The first-order valence-corrected chi connectivity index (χ1v) is 6.61. The van der Waals surface area contributed by atoms with Crippen LogP contribution < -0.4 is 9.80 Å². The number of fused-ring (bicyclic) bond motifs is 1. The zero-order chi connectivity index (χ0) is 13.6. The van der Waals surface area contributed by atoms with E-state index < -0.39 is 6.10 Å². The Labute approximate surface area is 113 Å². The highest BCUT2D eigenvalue weighted by Crippen LogP contribution is 2.37. The van der Waals surface area contributed by atoms with Gasteiger partial charge in [-0.2, -0.15) is 0 Å². The fraction of sp³-hybridized carbons (Fsp3) is 0.500. The van der Waals surface area contributed by atoms with E-state index in [2.05, 4.69) is 16.8 Å². The summed E-state index contributed by atoms with van der Waals surface area (Å²) in [5.74, 6) is -0.245. The van der Waals surface area contributed by atoms with Crippen molar-refractivity contribution in [3.63, 3.8) is 0 Å². The van der Waals surface area contributed by atoms with Gasteiger partial charge in [0.15, 0.2) is 6.10 Å². The van der Waals surface area contributed by atoms with Crippen molar-refractivity contribution in [2.24, 2.45) is 0 Å². The van der Waals surface area contributed by atoms with E-state index in [1.54, 1.807) is 11.9 Å². The lowest BCUT2D eigenvalue weighted by Crippen LogP contribution is -2.44. The van der Waals surface area contributed by atoms with Crippen LogP contribution in [-0.4, -0.2) is 56.2 Å². The van der Waals surface area contributed by atoms with Gasteiger partial charge < -0.3 is 19.8 Å². The SMILES string of the molecule is CN1CCN(c2ccc3c(c2)N(C)C(=O)C3O)CC1. The van der Waals surface area contributed by atoms with Gasteiger partial charge in [0.05, 0.1) is 5.69 Å². The van der Waals surface area contributed by atoms with E-state index in [4.69, 9.17) is 0 Å². The molecule has 2 heterocycles. The molecule has 1 fully saturated rings. The van der Waals surface area contributed by atoms with Gasteiger partial charge in [0.25, 0.3) is 5.91 Å². The highest BCUT2D eigenvalue weighted by molar-refractivity contribution is 6.03. The van der Waals surface area contributed by atoms with E-state index >= 15 is 0 Å². The van der Waals surface area contributed by atoms with Crippen LogP contribution in [-0.2, 0) is 4.79 Å². The number of carbonyl (C=O) groups excluding carboxylic acids is 1. The molecule has 1 atom stereocenters. The molecule has 0 aromatic heterocycles. The van der Waals surface area contributed by atoms with E-state index in [9.17, 15) is 9.90 Å². The van der Waals surface area contributed by atoms with E-state index in [-0.39, 0.29) is 5.91 Å². The molecular weight excluding hydrogens is 242 g/mol. The van der Waals surface area contributed by atoms with E-state index in [1.165, 1.54) is 0 Å². The summed E-state index contributed by atoms with van der Waals surface area (Å²) in [6, 6.07) is 5.88. The number of aliphatic hydroxyl groups excluding tert-OH is 1. The Morgan fingerprint density at radius 3 is 2.53 bits per heavy atom. The molecule has 5 heteroatoms. The summed E-state index contributed by atoms with van der Waals surface area (Å²) in [7, 11) is 3.84. The van der Waals surface area contributed by atoms with Crippen LogP contribution >= 0.6 is 0 Å². The van der Waals surface area contributed by atoms with Gasteiger partial charge in [-0.1, -0.05) is 6.07 Å². The van der Waals surface area contributed by atoms with Crippen molar-refractivity contribution in [2.45, 2.75) is 6.10 Å². The summed E-state index contributed by atoms with van der Waals surface area (Å²) in [5, 5.41) is 9.84. The van der Waals surface area contributed by atoms with Gasteiger partial charge in [0.2, 0.25) is 0 Å². The molecule has 0 bridgehead atoms. The summed E-state index contributed by atoms with van der Waals surface area (Å²) < 4.78 is 0. The Hall–Kier alpha value is -1.59. The monoisotopic (exact) mass is 261 g/mol. The molecule has 1 saturated heterocycles. The lowest BCUT2D eigenvalue weighted by atomic mass is 10.1. The smallest absolute Gasteiger partial charge is 0.260 e. The highest BCUT2D eigenvalue weighted by atomic mass is 16.3. The standard InChI is InChI=1S/C14H19N3O2/c1-15-5-7-17(8-6-15)10-3-4-11-12(9-10)16(2)14(19)13(11)18/h3-4,9,13,18H,5-8H2,1-2H3. The number of carbonyl (C=O) groups is 1. The Balaban J connectivity index is 1.88. The van der Waals surface area contributed by atoms with Crippen molar-refractivity contribution in [1.82, 2.24) is 4.90 Å². The van der Waals surface area contributed by atoms with Crippen molar-refractivity contribution in [3.05, 3.63) is 23.8 Å². The zero-order valence-corrected chi connectivity index (χ0v) is 11.3. The third kappa shape index (κ3) is 1.99. The zero-order valence-electron chi connectivity index (χ0n) is 11.3. The molecule has 0 saturated carbocycles. The molecule has 0 radical (unpaired) electrons. The molecule has 0 spiro atoms. The average Bonchev–Trinajstić information content (AvgIpc) is 2.64. The molecule has 1 N–H and O–H groups in total. The van der Waals surface area contributed by atoms with Gasteiger partial charge in [-0.15, -0.1) is 0 Å². The second kappa shape index (κ2) is 4.51. The fourth-order valence-electron chi connectivity index (χ4n) is 2.75. The number of rotatable bonds is 1. The van der Waals surface area contributed by atoms with Crippen molar-refractivity contribution < 1.29 is 9.90 Å². The molecule has 5 nitrogen and oxygen atoms in total. The number of aliphatic hydroxyl groups is 1. The Kier molecular flexibility index (Phi) is 2.95. The Morgan fingerprint density at radius 2 is 1.84 bits per heavy atom. The molecule has 0 aliphatic carbocycles. The number of amides is 1. The van der Waals surface area contributed by atoms with Crippen LogP contribution in [0.25, 0.3) is 0 Å². The average molecular weight is 261 g/mol. The van der Waals surface area contributed by atoms with Crippen molar-refractivity contribution in [1.29, 1.82) is 0 Å². The summed E-state index contributed by atoms with van der Waals surface area (Å²) in [6.45, 7) is 4.09. The van der Waals surface area contributed by atoms with Crippen LogP contribution in [0.2, 0.25) is 0 Å². The minimum atomic E-state index is -0.999. The maximum atomic E-state index is 11.7. The number of hydrogen-bond acceptors (Lipinski definition) is 4. The fourth-order valence-corrected chi connectivity index (χ4v) is 2.75. The summed E-state index contributed by atoms with van der Waals surface area (Å²) in [4.78, 5) is 17.9. The number of piperazine rings is 1. The molecule has 102 valence electrons. The normalized spacial score (nSPS) is 23.9. The van der Waals surface area contributed by atoms with Crippen LogP contribution in [0.5, 0.6) is 0 Å². The summed E-state index contributed by atoms with van der Waals surface area (Å²) in [5.41, 5.74) is 2.67. The van der Waals surface area contributed by atoms with Gasteiger partial charge >= 0.3 is 0 Å². The summed E-state index contributed by atoms with van der Waals surface area (Å²) in [6.07, 6.45) is -0.999. The molecule has 19 heavy (non-hydrogen) atoms. The maximum absolute atomic E-state index is 11.7. The minimum Gasteiger partial charge on any atom is -0.378 e. The molecule has 2 aliphatic heterocycles. The van der Waals surface area contributed by atoms with E-state index in [0.29, 0.717) is 5.56 Å². The van der Waals surface area contributed by atoms with Crippen molar-refractivity contribution in [2.75, 3.05) is 50.1 Å². The lowest BCUT2D eigenvalue weighted by molar-refractivity contribution is -0.125. The summed E-state index contributed by atoms with van der Waals surface area (Å²) >= 11 is 0. The number of benzene rings is 1. The van der Waals surface area contributed by atoms with Crippen LogP contribution in [0.1, 0.15) is 11.7 Å². The maximum Gasteiger partial charge on any atom is 0.260 e. The Bertz CT molecular complexity index is 509. The van der Waals surface area contributed by atoms with Gasteiger partial charge in [-0.25, -0.2) is 0 Å². The number of hydrogen-bond donors (Lipinski definition) is 1.